The topological polar surface area (TPSA) is 72.9 Å². The summed E-state index contributed by atoms with van der Waals surface area (Å²) in [6.45, 7) is 1.58. The Balaban J connectivity index is 1.56. The van der Waals surface area contributed by atoms with Crippen LogP contribution in [-0.2, 0) is 12.8 Å². The van der Waals surface area contributed by atoms with Gasteiger partial charge in [0.05, 0.1) is 6.54 Å². The average Bonchev–Trinajstić information content (AvgIpc) is 2.75. The monoisotopic (exact) mass is 393 g/mol. The normalized spacial score (nSPS) is 13.4. The molecule has 29 heavy (non-hydrogen) atoms. The lowest BCUT2D eigenvalue weighted by Gasteiger charge is -2.29. The highest BCUT2D eigenvalue weighted by Gasteiger charge is 2.23. The molecule has 0 radical (unpaired) electrons. The van der Waals surface area contributed by atoms with E-state index in [2.05, 4.69) is 17.4 Å². The largest absolute Gasteiger partial charge is 0.341 e. The smallest absolute Gasteiger partial charge is 0.339 e. The summed E-state index contributed by atoms with van der Waals surface area (Å²) in [5, 5.41) is 12.5. The summed E-state index contributed by atoms with van der Waals surface area (Å²) >= 11 is 0. The zero-order valence-electron chi connectivity index (χ0n) is 16.7. The highest BCUT2D eigenvalue weighted by atomic mass is 16.5. The number of benzene rings is 2. The first-order valence-corrected chi connectivity index (χ1v) is 9.89. The van der Waals surface area contributed by atoms with Crippen molar-refractivity contribution < 1.29 is 14.8 Å². The second-order valence-corrected chi connectivity index (χ2v) is 7.09. The molecule has 6 nitrogen and oxygen atoms in total. The molecule has 1 aliphatic heterocycles. The van der Waals surface area contributed by atoms with Gasteiger partial charge in [0.1, 0.15) is 0 Å². The van der Waals surface area contributed by atoms with E-state index in [1.54, 1.807) is 6.08 Å². The predicted molar refractivity (Wildman–Crippen MR) is 113 cm³/mol. The SMILES string of the molecule is CNC(=O)N(O)C/C=C/c1ccc2c(c1)CCN(CCCc1ccccc1)C2=O. The fourth-order valence-corrected chi connectivity index (χ4v) is 3.49. The molecule has 0 bridgehead atoms. The third-order valence-corrected chi connectivity index (χ3v) is 5.07. The number of hydroxylamine groups is 2. The third kappa shape index (κ3) is 5.45. The predicted octanol–water partition coefficient (Wildman–Crippen LogP) is 3.36. The van der Waals surface area contributed by atoms with Gasteiger partial charge in [-0.1, -0.05) is 54.6 Å². The summed E-state index contributed by atoms with van der Waals surface area (Å²) in [7, 11) is 1.46. The van der Waals surface area contributed by atoms with Gasteiger partial charge in [-0.3, -0.25) is 10.0 Å². The van der Waals surface area contributed by atoms with Crippen LogP contribution in [0.2, 0.25) is 0 Å². The summed E-state index contributed by atoms with van der Waals surface area (Å²) in [5.74, 6) is 0.0935. The molecule has 0 saturated carbocycles. The van der Waals surface area contributed by atoms with Crippen LogP contribution in [0.1, 0.15) is 33.5 Å². The van der Waals surface area contributed by atoms with Gasteiger partial charge in [-0.15, -0.1) is 0 Å². The van der Waals surface area contributed by atoms with Gasteiger partial charge in [-0.05, 0) is 42.0 Å². The summed E-state index contributed by atoms with van der Waals surface area (Å²) < 4.78 is 0. The van der Waals surface area contributed by atoms with Gasteiger partial charge in [0.15, 0.2) is 0 Å². The van der Waals surface area contributed by atoms with Gasteiger partial charge in [0, 0.05) is 25.7 Å². The van der Waals surface area contributed by atoms with E-state index >= 15 is 0 Å². The van der Waals surface area contributed by atoms with Crippen molar-refractivity contribution in [3.05, 3.63) is 76.9 Å². The number of aryl methyl sites for hydroxylation is 1. The Hall–Kier alpha value is -3.12. The molecule has 0 aromatic heterocycles. The third-order valence-electron chi connectivity index (χ3n) is 5.07. The molecule has 0 fully saturated rings. The molecule has 1 heterocycles. The second kappa shape index (κ2) is 9.89. The summed E-state index contributed by atoms with van der Waals surface area (Å²) in [6, 6.07) is 15.5. The Morgan fingerprint density at radius 2 is 2.03 bits per heavy atom. The molecule has 0 spiro atoms. The minimum absolute atomic E-state index is 0.0882. The fourth-order valence-electron chi connectivity index (χ4n) is 3.49. The van der Waals surface area contributed by atoms with Crippen LogP contribution in [0.25, 0.3) is 6.08 Å². The van der Waals surface area contributed by atoms with E-state index in [0.29, 0.717) is 5.06 Å². The molecule has 1 aliphatic rings. The lowest BCUT2D eigenvalue weighted by atomic mass is 9.96. The van der Waals surface area contributed by atoms with Crippen LogP contribution in [0.15, 0.2) is 54.6 Å². The van der Waals surface area contributed by atoms with Crippen molar-refractivity contribution in [2.75, 3.05) is 26.7 Å². The van der Waals surface area contributed by atoms with Gasteiger partial charge in [0.25, 0.3) is 5.91 Å². The standard InChI is InChI=1S/C23H27N3O3/c1-24-23(28)26(29)15-6-10-19-11-12-21-20(17-19)13-16-25(22(21)27)14-5-9-18-7-3-2-4-8-18/h2-4,6-8,10-12,17,29H,5,9,13-16H2,1H3,(H,24,28)/b10-6+. The molecule has 0 unspecified atom stereocenters. The number of carbonyl (C=O) groups is 2. The number of nitrogens with one attached hydrogen (secondary N) is 1. The number of rotatable bonds is 7. The fraction of sp³-hybridized carbons (Fsp3) is 0.304. The van der Waals surface area contributed by atoms with Gasteiger partial charge < -0.3 is 10.2 Å². The van der Waals surface area contributed by atoms with E-state index in [-0.39, 0.29) is 12.5 Å². The summed E-state index contributed by atoms with van der Waals surface area (Å²) in [5.41, 5.74) is 4.05. The molecule has 2 N–H and O–H groups in total. The number of fused-ring (bicyclic) bond motifs is 1. The number of carbonyl (C=O) groups excluding carboxylic acids is 2. The van der Waals surface area contributed by atoms with Crippen molar-refractivity contribution in [1.82, 2.24) is 15.3 Å². The summed E-state index contributed by atoms with van der Waals surface area (Å²) in [4.78, 5) is 26.0. The van der Waals surface area contributed by atoms with Gasteiger partial charge in [-0.25, -0.2) is 9.86 Å². The van der Waals surface area contributed by atoms with Crippen LogP contribution in [-0.4, -0.2) is 53.8 Å². The molecule has 3 amide bonds. The lowest BCUT2D eigenvalue weighted by Crippen LogP contribution is -2.38. The minimum Gasteiger partial charge on any atom is -0.339 e. The van der Waals surface area contributed by atoms with E-state index in [1.807, 2.05) is 47.4 Å². The van der Waals surface area contributed by atoms with Crippen molar-refractivity contribution in [3.63, 3.8) is 0 Å². The first-order valence-electron chi connectivity index (χ1n) is 9.89. The van der Waals surface area contributed by atoms with Crippen molar-refractivity contribution in [2.45, 2.75) is 19.3 Å². The van der Waals surface area contributed by atoms with Crippen molar-refractivity contribution in [1.29, 1.82) is 0 Å². The Labute approximate surface area is 171 Å². The molecule has 2 aromatic rings. The maximum Gasteiger partial charge on any atom is 0.341 e. The van der Waals surface area contributed by atoms with Crippen LogP contribution in [0.3, 0.4) is 0 Å². The van der Waals surface area contributed by atoms with E-state index in [9.17, 15) is 14.8 Å². The quantitative estimate of drug-likeness (QED) is 0.560. The number of nitrogens with zero attached hydrogens (tertiary/aromatic N) is 2. The molecule has 0 saturated heterocycles. The molecular weight excluding hydrogens is 366 g/mol. The number of urea groups is 1. The molecule has 2 aromatic carbocycles. The Kier molecular flexibility index (Phi) is 7.03. The Morgan fingerprint density at radius 1 is 1.24 bits per heavy atom. The van der Waals surface area contributed by atoms with Crippen LogP contribution < -0.4 is 5.32 Å². The van der Waals surface area contributed by atoms with Crippen LogP contribution >= 0.6 is 0 Å². The molecule has 152 valence electrons. The Morgan fingerprint density at radius 3 is 2.79 bits per heavy atom. The average molecular weight is 393 g/mol. The van der Waals surface area contributed by atoms with E-state index in [4.69, 9.17) is 0 Å². The zero-order valence-corrected chi connectivity index (χ0v) is 16.7. The Bertz CT molecular complexity index is 880. The minimum atomic E-state index is -0.557. The highest BCUT2D eigenvalue weighted by molar-refractivity contribution is 5.97. The first kappa shape index (κ1) is 20.6. The maximum atomic E-state index is 12.8. The van der Waals surface area contributed by atoms with Crippen molar-refractivity contribution >= 4 is 18.0 Å². The van der Waals surface area contributed by atoms with Crippen LogP contribution in [0.4, 0.5) is 4.79 Å². The van der Waals surface area contributed by atoms with E-state index < -0.39 is 6.03 Å². The molecule has 6 heteroatoms. The number of hydrogen-bond acceptors (Lipinski definition) is 3. The second-order valence-electron chi connectivity index (χ2n) is 7.09. The van der Waals surface area contributed by atoms with E-state index in [1.165, 1.54) is 12.6 Å². The highest BCUT2D eigenvalue weighted by Crippen LogP contribution is 2.21. The maximum absolute atomic E-state index is 12.8. The molecule has 0 aliphatic carbocycles. The zero-order chi connectivity index (χ0) is 20.6. The van der Waals surface area contributed by atoms with Gasteiger partial charge >= 0.3 is 6.03 Å². The molecule has 3 rings (SSSR count). The van der Waals surface area contributed by atoms with Crippen molar-refractivity contribution in [3.8, 4) is 0 Å². The van der Waals surface area contributed by atoms with E-state index in [0.717, 1.165) is 49.0 Å². The van der Waals surface area contributed by atoms with Crippen molar-refractivity contribution in [2.24, 2.45) is 0 Å². The van der Waals surface area contributed by atoms with Crippen LogP contribution in [0, 0.1) is 0 Å². The molecule has 0 atom stereocenters. The number of hydrogen-bond donors (Lipinski definition) is 2. The van der Waals surface area contributed by atoms with Gasteiger partial charge in [0.2, 0.25) is 0 Å². The number of amides is 3. The first-order chi connectivity index (χ1) is 14.1. The van der Waals surface area contributed by atoms with Gasteiger partial charge in [-0.2, -0.15) is 0 Å². The molecular formula is C23H27N3O3. The summed E-state index contributed by atoms with van der Waals surface area (Å²) in [6.07, 6.45) is 6.30. The van der Waals surface area contributed by atoms with Crippen LogP contribution in [0.5, 0.6) is 0 Å². The lowest BCUT2D eigenvalue weighted by molar-refractivity contribution is -0.0318.